The van der Waals surface area contributed by atoms with Gasteiger partial charge in [0.15, 0.2) is 0 Å². The summed E-state index contributed by atoms with van der Waals surface area (Å²) in [5, 5.41) is 0. The number of nitrogen functional groups attached to an aromatic ring is 1. The number of anilines is 1. The number of nitrogens with two attached hydrogens (primary N) is 1. The van der Waals surface area contributed by atoms with Gasteiger partial charge in [0.25, 0.3) is 0 Å². The smallest absolute Gasteiger partial charge is 0.302 e. The highest BCUT2D eigenvalue weighted by molar-refractivity contribution is 5.66. The zero-order valence-corrected chi connectivity index (χ0v) is 10.5. The molecule has 0 radical (unpaired) electrons. The first kappa shape index (κ1) is 14.0. The van der Waals surface area contributed by atoms with Crippen LogP contribution in [0.15, 0.2) is 24.3 Å². The molecule has 0 aromatic heterocycles. The largest absolute Gasteiger partial charge is 0.465 e. The van der Waals surface area contributed by atoms with Crippen LogP contribution in [-0.2, 0) is 19.1 Å². The minimum absolute atomic E-state index is 0.173. The Hall–Kier alpha value is -2.04. The van der Waals surface area contributed by atoms with E-state index in [0.717, 1.165) is 5.56 Å². The Labute approximate surface area is 106 Å². The predicted molar refractivity (Wildman–Crippen MR) is 66.9 cm³/mol. The van der Waals surface area contributed by atoms with Crippen molar-refractivity contribution in [2.75, 3.05) is 18.9 Å². The Morgan fingerprint density at radius 3 is 1.89 bits per heavy atom. The first-order valence-corrected chi connectivity index (χ1v) is 5.61. The lowest BCUT2D eigenvalue weighted by atomic mass is 10.0. The highest BCUT2D eigenvalue weighted by atomic mass is 16.5. The Morgan fingerprint density at radius 1 is 1.06 bits per heavy atom. The van der Waals surface area contributed by atoms with Gasteiger partial charge in [0.1, 0.15) is 13.2 Å². The summed E-state index contributed by atoms with van der Waals surface area (Å²) in [6.07, 6.45) is 0. The van der Waals surface area contributed by atoms with Gasteiger partial charge >= 0.3 is 11.9 Å². The zero-order chi connectivity index (χ0) is 13.5. The molecule has 0 fully saturated rings. The molecule has 0 spiro atoms. The van der Waals surface area contributed by atoms with Gasteiger partial charge in [-0.2, -0.15) is 0 Å². The molecule has 0 aliphatic heterocycles. The Kier molecular flexibility index (Phi) is 5.17. The van der Waals surface area contributed by atoms with Gasteiger partial charge in [-0.3, -0.25) is 9.59 Å². The zero-order valence-electron chi connectivity index (χ0n) is 10.5. The van der Waals surface area contributed by atoms with E-state index in [1.54, 1.807) is 12.1 Å². The molecule has 0 unspecified atom stereocenters. The molecule has 1 aromatic carbocycles. The molecule has 18 heavy (non-hydrogen) atoms. The van der Waals surface area contributed by atoms with Crippen LogP contribution in [0, 0.1) is 0 Å². The van der Waals surface area contributed by atoms with Gasteiger partial charge in [0.05, 0.1) is 5.92 Å². The highest BCUT2D eigenvalue weighted by Gasteiger charge is 2.15. The van der Waals surface area contributed by atoms with Crippen molar-refractivity contribution in [2.45, 2.75) is 19.8 Å². The summed E-state index contributed by atoms with van der Waals surface area (Å²) < 4.78 is 9.92. The summed E-state index contributed by atoms with van der Waals surface area (Å²) in [5.41, 5.74) is 7.16. The van der Waals surface area contributed by atoms with Crippen molar-refractivity contribution in [3.8, 4) is 0 Å². The number of hydrogen-bond acceptors (Lipinski definition) is 5. The summed E-state index contributed by atoms with van der Waals surface area (Å²) in [5.74, 6) is -0.907. The second kappa shape index (κ2) is 6.64. The van der Waals surface area contributed by atoms with Crippen LogP contribution in [-0.4, -0.2) is 25.2 Å². The van der Waals surface area contributed by atoms with Crippen LogP contribution < -0.4 is 5.73 Å². The molecule has 1 rings (SSSR count). The Morgan fingerprint density at radius 2 is 1.50 bits per heavy atom. The van der Waals surface area contributed by atoms with Crippen molar-refractivity contribution < 1.29 is 19.1 Å². The fourth-order valence-corrected chi connectivity index (χ4v) is 1.44. The van der Waals surface area contributed by atoms with E-state index >= 15 is 0 Å². The average molecular weight is 251 g/mol. The molecule has 0 amide bonds. The molecule has 0 saturated carbocycles. The molecule has 0 aliphatic rings. The third-order valence-electron chi connectivity index (χ3n) is 2.38. The number of ether oxygens (including phenoxy) is 2. The van der Waals surface area contributed by atoms with E-state index in [2.05, 4.69) is 0 Å². The first-order chi connectivity index (χ1) is 8.49. The van der Waals surface area contributed by atoms with E-state index in [9.17, 15) is 9.59 Å². The van der Waals surface area contributed by atoms with E-state index in [1.165, 1.54) is 13.8 Å². The summed E-state index contributed by atoms with van der Waals surface area (Å²) in [6.45, 7) is 3.02. The number of rotatable bonds is 5. The van der Waals surface area contributed by atoms with Crippen LogP contribution in [0.2, 0.25) is 0 Å². The van der Waals surface area contributed by atoms with Crippen molar-refractivity contribution in [2.24, 2.45) is 0 Å². The summed E-state index contributed by atoms with van der Waals surface area (Å²) in [6, 6.07) is 7.16. The first-order valence-electron chi connectivity index (χ1n) is 5.61. The lowest BCUT2D eigenvalue weighted by Gasteiger charge is -2.16. The molecule has 0 aliphatic carbocycles. The van der Waals surface area contributed by atoms with Gasteiger partial charge < -0.3 is 15.2 Å². The maximum Gasteiger partial charge on any atom is 0.302 e. The topological polar surface area (TPSA) is 78.6 Å². The molecule has 0 heterocycles. The van der Waals surface area contributed by atoms with Gasteiger partial charge in [-0.15, -0.1) is 0 Å². The molecule has 98 valence electrons. The van der Waals surface area contributed by atoms with E-state index in [1.807, 2.05) is 12.1 Å². The number of carbonyl (C=O) groups excluding carboxylic acids is 2. The normalized spacial score (nSPS) is 10.2. The number of benzene rings is 1. The average Bonchev–Trinajstić information content (AvgIpc) is 2.30. The van der Waals surface area contributed by atoms with Crippen molar-refractivity contribution in [1.82, 2.24) is 0 Å². The third kappa shape index (κ3) is 4.86. The predicted octanol–water partition coefficient (Wildman–Crippen LogP) is 1.48. The molecule has 1 aromatic rings. The minimum atomic E-state index is -0.363. The summed E-state index contributed by atoms with van der Waals surface area (Å²) in [7, 11) is 0. The van der Waals surface area contributed by atoms with Crippen molar-refractivity contribution in [1.29, 1.82) is 0 Å². The van der Waals surface area contributed by atoms with Crippen molar-refractivity contribution in [3.05, 3.63) is 29.8 Å². The van der Waals surface area contributed by atoms with Gasteiger partial charge in [-0.1, -0.05) is 12.1 Å². The fraction of sp³-hybridized carbons (Fsp3) is 0.385. The Balaban J connectivity index is 2.71. The molecule has 0 saturated heterocycles. The molecular weight excluding hydrogens is 234 g/mol. The molecule has 2 N–H and O–H groups in total. The van der Waals surface area contributed by atoms with E-state index in [0.29, 0.717) is 5.69 Å². The third-order valence-corrected chi connectivity index (χ3v) is 2.38. The van der Waals surface area contributed by atoms with Gasteiger partial charge in [0.2, 0.25) is 0 Å². The van der Waals surface area contributed by atoms with Crippen LogP contribution >= 0.6 is 0 Å². The highest BCUT2D eigenvalue weighted by Crippen LogP contribution is 2.18. The van der Waals surface area contributed by atoms with E-state index in [-0.39, 0.29) is 31.1 Å². The summed E-state index contributed by atoms with van der Waals surface area (Å²) >= 11 is 0. The lowest BCUT2D eigenvalue weighted by Crippen LogP contribution is -2.17. The quantitative estimate of drug-likeness (QED) is 0.633. The fourth-order valence-electron chi connectivity index (χ4n) is 1.44. The summed E-state index contributed by atoms with van der Waals surface area (Å²) in [4.78, 5) is 21.6. The van der Waals surface area contributed by atoms with Crippen molar-refractivity contribution in [3.63, 3.8) is 0 Å². The van der Waals surface area contributed by atoms with Crippen LogP contribution in [0.4, 0.5) is 5.69 Å². The minimum Gasteiger partial charge on any atom is -0.465 e. The van der Waals surface area contributed by atoms with Crippen LogP contribution in [0.25, 0.3) is 0 Å². The van der Waals surface area contributed by atoms with E-state index < -0.39 is 0 Å². The SMILES string of the molecule is CC(=O)OCC(COC(C)=O)c1ccc(N)cc1. The molecule has 5 nitrogen and oxygen atoms in total. The standard InChI is InChI=1S/C13H17NO4/c1-9(15)17-7-12(8-18-10(2)16)11-3-5-13(14)6-4-11/h3-6,12H,7-8,14H2,1-2H3. The van der Waals surface area contributed by atoms with Gasteiger partial charge in [0, 0.05) is 19.5 Å². The second-order valence-corrected chi connectivity index (χ2v) is 3.97. The maximum absolute atomic E-state index is 10.8. The molecular formula is C13H17NO4. The van der Waals surface area contributed by atoms with Crippen molar-refractivity contribution >= 4 is 17.6 Å². The van der Waals surface area contributed by atoms with Crippen LogP contribution in [0.5, 0.6) is 0 Å². The molecule has 0 atom stereocenters. The molecule has 5 heteroatoms. The lowest BCUT2D eigenvalue weighted by molar-refractivity contribution is -0.144. The number of carbonyl (C=O) groups is 2. The van der Waals surface area contributed by atoms with Crippen LogP contribution in [0.1, 0.15) is 25.3 Å². The van der Waals surface area contributed by atoms with E-state index in [4.69, 9.17) is 15.2 Å². The van der Waals surface area contributed by atoms with Crippen LogP contribution in [0.3, 0.4) is 0 Å². The number of hydrogen-bond donors (Lipinski definition) is 1. The molecule has 0 bridgehead atoms. The van der Waals surface area contributed by atoms with Gasteiger partial charge in [-0.05, 0) is 17.7 Å². The monoisotopic (exact) mass is 251 g/mol. The number of esters is 2. The van der Waals surface area contributed by atoms with Gasteiger partial charge in [-0.25, -0.2) is 0 Å². The Bertz CT molecular complexity index is 396. The second-order valence-electron chi connectivity index (χ2n) is 3.97. The maximum atomic E-state index is 10.8.